The van der Waals surface area contributed by atoms with Gasteiger partial charge >= 0.3 is 6.16 Å². The second kappa shape index (κ2) is 9.70. The number of ether oxygens (including phenoxy) is 1. The molecule has 0 saturated carbocycles. The number of hydrogen-bond acceptors (Lipinski definition) is 6. The largest absolute Gasteiger partial charge is 0.506 e. The molecule has 1 fully saturated rings. The van der Waals surface area contributed by atoms with E-state index >= 15 is 0 Å². The molecule has 0 atom stereocenters. The summed E-state index contributed by atoms with van der Waals surface area (Å²) in [7, 11) is 0. The first kappa shape index (κ1) is 22.9. The summed E-state index contributed by atoms with van der Waals surface area (Å²) in [5.74, 6) is 0.947. The van der Waals surface area contributed by atoms with E-state index in [9.17, 15) is 9.18 Å². The molecule has 0 bridgehead atoms. The normalized spacial score (nSPS) is 14.8. The summed E-state index contributed by atoms with van der Waals surface area (Å²) in [4.78, 5) is 17.2. The molecule has 1 saturated heterocycles. The number of carboxylic acid groups (broad SMARTS) is 1. The highest BCUT2D eigenvalue weighted by molar-refractivity contribution is 5.57. The number of rotatable bonds is 9. The van der Waals surface area contributed by atoms with E-state index in [-0.39, 0.29) is 17.3 Å². The van der Waals surface area contributed by atoms with Gasteiger partial charge in [-0.25, -0.2) is 9.18 Å². The minimum atomic E-state index is -1.22. The average Bonchev–Trinajstić information content (AvgIpc) is 3.21. The smallest absolute Gasteiger partial charge is 0.450 e. The first-order valence-electron chi connectivity index (χ1n) is 11.1. The molecule has 1 N–H and O–H groups in total. The molecule has 0 amide bonds. The number of aryl methyl sites for hydroxylation is 1. The Kier molecular flexibility index (Phi) is 6.74. The number of likely N-dealkylation sites (tertiary alicyclic amines) is 1. The topological polar surface area (TPSA) is 88.7 Å². The summed E-state index contributed by atoms with van der Waals surface area (Å²) in [6.45, 7) is 6.27. The van der Waals surface area contributed by atoms with Gasteiger partial charge in [0.2, 0.25) is 11.7 Å². The minimum Gasteiger partial charge on any atom is -0.450 e. The number of carbonyl (C=O) groups is 1. The highest BCUT2D eigenvalue weighted by Gasteiger charge is 2.29. The minimum absolute atomic E-state index is 0.0669. The van der Waals surface area contributed by atoms with Crippen LogP contribution in [0.3, 0.4) is 0 Å². The molecule has 7 nitrogen and oxygen atoms in total. The van der Waals surface area contributed by atoms with Crippen LogP contribution in [0, 0.1) is 5.82 Å². The van der Waals surface area contributed by atoms with Crippen LogP contribution in [-0.4, -0.2) is 45.5 Å². The monoisotopic (exact) mass is 453 g/mol. The molecule has 2 heterocycles. The lowest BCUT2D eigenvalue weighted by atomic mass is 9.80. The fraction of sp³-hybridized carbons (Fsp3) is 0.400. The molecule has 0 aliphatic carbocycles. The molecule has 8 heteroatoms. The summed E-state index contributed by atoms with van der Waals surface area (Å²) in [6, 6.07) is 14.6. The summed E-state index contributed by atoms with van der Waals surface area (Å²) < 4.78 is 23.4. The Balaban J connectivity index is 1.26. The van der Waals surface area contributed by atoms with Gasteiger partial charge in [0.25, 0.3) is 0 Å². The Labute approximate surface area is 192 Å². The van der Waals surface area contributed by atoms with Crippen molar-refractivity contribution in [2.24, 2.45) is 0 Å². The molecule has 33 heavy (non-hydrogen) atoms. The number of nitrogens with zero attached hydrogens (tertiary/aromatic N) is 3. The summed E-state index contributed by atoms with van der Waals surface area (Å²) in [6.07, 6.45) is 1.03. The molecule has 1 aliphatic rings. The van der Waals surface area contributed by atoms with Crippen LogP contribution in [-0.2, 0) is 23.1 Å². The van der Waals surface area contributed by atoms with E-state index in [2.05, 4.69) is 28.9 Å². The van der Waals surface area contributed by atoms with Gasteiger partial charge in [-0.3, -0.25) is 4.90 Å². The summed E-state index contributed by atoms with van der Waals surface area (Å²) >= 11 is 0. The SMILES string of the molecule is CC(C)(CCCc1nc(-c2ccc(CN3CC(OC(=O)O)C3)cc2)no1)c1ccc(F)cc1. The highest BCUT2D eigenvalue weighted by Crippen LogP contribution is 2.29. The summed E-state index contributed by atoms with van der Waals surface area (Å²) in [5, 5.41) is 12.7. The van der Waals surface area contributed by atoms with Crippen LogP contribution in [0.1, 0.15) is 43.7 Å². The molecular formula is C25H28FN3O4. The molecule has 174 valence electrons. The Morgan fingerprint density at radius 1 is 1.18 bits per heavy atom. The van der Waals surface area contributed by atoms with Crippen LogP contribution in [0.15, 0.2) is 53.1 Å². The van der Waals surface area contributed by atoms with Crippen LogP contribution in [0.4, 0.5) is 9.18 Å². The van der Waals surface area contributed by atoms with Crippen molar-refractivity contribution in [1.29, 1.82) is 0 Å². The van der Waals surface area contributed by atoms with Crippen LogP contribution in [0.5, 0.6) is 0 Å². The van der Waals surface area contributed by atoms with Crippen LogP contribution < -0.4 is 0 Å². The van der Waals surface area contributed by atoms with Crippen LogP contribution >= 0.6 is 0 Å². The van der Waals surface area contributed by atoms with Gasteiger partial charge in [-0.05, 0) is 41.5 Å². The molecule has 1 aliphatic heterocycles. The predicted molar refractivity (Wildman–Crippen MR) is 120 cm³/mol. The zero-order valence-electron chi connectivity index (χ0n) is 18.8. The Bertz CT molecular complexity index is 1070. The Morgan fingerprint density at radius 3 is 2.55 bits per heavy atom. The Morgan fingerprint density at radius 2 is 1.88 bits per heavy atom. The molecule has 0 radical (unpaired) electrons. The maximum absolute atomic E-state index is 13.2. The van der Waals surface area contributed by atoms with Crippen molar-refractivity contribution in [3.63, 3.8) is 0 Å². The van der Waals surface area contributed by atoms with E-state index in [1.54, 1.807) is 0 Å². The molecule has 3 aromatic rings. The quantitative estimate of drug-likeness (QED) is 0.453. The zero-order valence-corrected chi connectivity index (χ0v) is 18.8. The fourth-order valence-electron chi connectivity index (χ4n) is 4.09. The fourth-order valence-corrected chi connectivity index (χ4v) is 4.09. The van der Waals surface area contributed by atoms with Crippen molar-refractivity contribution in [3.05, 3.63) is 71.4 Å². The lowest BCUT2D eigenvalue weighted by Gasteiger charge is -2.37. The maximum Gasteiger partial charge on any atom is 0.506 e. The van der Waals surface area contributed by atoms with Crippen LogP contribution in [0.2, 0.25) is 0 Å². The number of hydrogen-bond donors (Lipinski definition) is 1. The van der Waals surface area contributed by atoms with Gasteiger partial charge in [-0.15, -0.1) is 0 Å². The number of aromatic nitrogens is 2. The van der Waals surface area contributed by atoms with Crippen molar-refractivity contribution in [1.82, 2.24) is 15.0 Å². The van der Waals surface area contributed by atoms with E-state index in [4.69, 9.17) is 14.4 Å². The lowest BCUT2D eigenvalue weighted by molar-refractivity contribution is -0.0363. The predicted octanol–water partition coefficient (Wildman–Crippen LogP) is 5.06. The third kappa shape index (κ3) is 5.96. The van der Waals surface area contributed by atoms with Gasteiger partial charge in [0.1, 0.15) is 11.9 Å². The van der Waals surface area contributed by atoms with Crippen molar-refractivity contribution >= 4 is 6.16 Å². The first-order valence-corrected chi connectivity index (χ1v) is 11.1. The van der Waals surface area contributed by atoms with E-state index in [1.165, 1.54) is 12.1 Å². The van der Waals surface area contributed by atoms with Crippen molar-refractivity contribution in [2.45, 2.75) is 51.2 Å². The average molecular weight is 454 g/mol. The van der Waals surface area contributed by atoms with Crippen molar-refractivity contribution in [2.75, 3.05) is 13.1 Å². The standard InChI is InChI=1S/C25H28FN3O4/c1-25(2,19-9-11-20(26)12-10-19)13-3-4-22-27-23(28-33-22)18-7-5-17(6-8-18)14-29-15-21(16-29)32-24(30)31/h5-12,21H,3-4,13-16H2,1-2H3,(H,30,31). The lowest BCUT2D eigenvalue weighted by Crippen LogP contribution is -2.52. The van der Waals surface area contributed by atoms with Gasteiger partial charge in [0.15, 0.2) is 0 Å². The second-order valence-corrected chi connectivity index (χ2v) is 9.15. The summed E-state index contributed by atoms with van der Waals surface area (Å²) in [5.41, 5.74) is 3.05. The molecular weight excluding hydrogens is 425 g/mol. The van der Waals surface area contributed by atoms with E-state index in [0.717, 1.165) is 36.1 Å². The molecule has 1 aromatic heterocycles. The molecule has 2 aromatic carbocycles. The third-order valence-electron chi connectivity index (χ3n) is 6.10. The van der Waals surface area contributed by atoms with Crippen LogP contribution in [0.25, 0.3) is 11.4 Å². The van der Waals surface area contributed by atoms with E-state index in [1.807, 2.05) is 36.4 Å². The zero-order chi connectivity index (χ0) is 23.4. The van der Waals surface area contributed by atoms with Gasteiger partial charge in [-0.2, -0.15) is 4.98 Å². The van der Waals surface area contributed by atoms with Gasteiger partial charge in [0, 0.05) is 31.6 Å². The van der Waals surface area contributed by atoms with Gasteiger partial charge < -0.3 is 14.4 Å². The highest BCUT2D eigenvalue weighted by atomic mass is 19.1. The van der Waals surface area contributed by atoms with E-state index < -0.39 is 6.16 Å². The van der Waals surface area contributed by atoms with Crippen molar-refractivity contribution in [3.8, 4) is 11.4 Å². The third-order valence-corrected chi connectivity index (χ3v) is 6.10. The number of benzene rings is 2. The van der Waals surface area contributed by atoms with Gasteiger partial charge in [0.05, 0.1) is 0 Å². The van der Waals surface area contributed by atoms with Gasteiger partial charge in [-0.1, -0.05) is 55.4 Å². The molecule has 4 rings (SSSR count). The first-order chi connectivity index (χ1) is 15.8. The molecule has 0 spiro atoms. The van der Waals surface area contributed by atoms with Crippen molar-refractivity contribution < 1.29 is 23.6 Å². The maximum atomic E-state index is 13.2. The second-order valence-electron chi connectivity index (χ2n) is 9.15. The number of halogens is 1. The van der Waals surface area contributed by atoms with E-state index in [0.29, 0.717) is 31.2 Å². The Hall–Kier alpha value is -3.26. The molecule has 0 unspecified atom stereocenters.